The molecular weight excluding hydrogens is 248 g/mol. The van der Waals surface area contributed by atoms with E-state index in [0.717, 1.165) is 32.1 Å². The highest BCUT2D eigenvalue weighted by Crippen LogP contribution is 2.65. The summed E-state index contributed by atoms with van der Waals surface area (Å²) in [6.45, 7) is 2.19. The first-order chi connectivity index (χ1) is 9.12. The lowest BCUT2D eigenvalue weighted by Crippen LogP contribution is -2.67. The molecular formula is C14H18O5. The fourth-order valence-corrected chi connectivity index (χ4v) is 4.80. The summed E-state index contributed by atoms with van der Waals surface area (Å²) in [7, 11) is 0. The fourth-order valence-electron chi connectivity index (χ4n) is 4.80. The second-order valence-corrected chi connectivity index (χ2v) is 6.85. The number of epoxide rings is 2. The van der Waals surface area contributed by atoms with Crippen LogP contribution in [-0.4, -0.2) is 36.4 Å². The summed E-state index contributed by atoms with van der Waals surface area (Å²) in [5.74, 6) is -0.270. The van der Waals surface area contributed by atoms with Crippen LogP contribution in [0.4, 0.5) is 4.79 Å². The van der Waals surface area contributed by atoms with E-state index in [0.29, 0.717) is 24.2 Å². The van der Waals surface area contributed by atoms with Crippen molar-refractivity contribution in [3.63, 3.8) is 0 Å². The SMILES string of the molecule is CC1(C2CCC3OC3C2)C2OC2CCC12OC(=O)O2. The van der Waals surface area contributed by atoms with Crippen molar-refractivity contribution in [3.8, 4) is 0 Å². The van der Waals surface area contributed by atoms with Crippen LogP contribution in [0, 0.1) is 11.3 Å². The van der Waals surface area contributed by atoms with E-state index < -0.39 is 11.9 Å². The summed E-state index contributed by atoms with van der Waals surface area (Å²) in [6.07, 6.45) is 5.90. The Kier molecular flexibility index (Phi) is 1.77. The Balaban J connectivity index is 1.50. The molecule has 6 unspecified atom stereocenters. The van der Waals surface area contributed by atoms with E-state index in [4.69, 9.17) is 18.9 Å². The maximum absolute atomic E-state index is 11.2. The normalized spacial score (nSPS) is 56.3. The summed E-state index contributed by atoms with van der Waals surface area (Å²) in [4.78, 5) is 11.2. The summed E-state index contributed by atoms with van der Waals surface area (Å²) >= 11 is 0. The van der Waals surface area contributed by atoms with Gasteiger partial charge in [-0.25, -0.2) is 4.79 Å². The van der Waals surface area contributed by atoms with Gasteiger partial charge in [0, 0.05) is 6.42 Å². The number of carbonyl (C=O) groups excluding carboxylic acids is 1. The Bertz CT molecular complexity index is 455. The van der Waals surface area contributed by atoms with Crippen molar-refractivity contribution in [2.75, 3.05) is 0 Å². The highest BCUT2D eigenvalue weighted by molar-refractivity contribution is 5.66. The molecule has 5 rings (SSSR count). The van der Waals surface area contributed by atoms with E-state index in [-0.39, 0.29) is 11.5 Å². The van der Waals surface area contributed by atoms with Crippen LogP contribution < -0.4 is 0 Å². The van der Waals surface area contributed by atoms with E-state index in [1.165, 1.54) is 0 Å². The number of rotatable bonds is 1. The molecule has 19 heavy (non-hydrogen) atoms. The predicted molar refractivity (Wildman–Crippen MR) is 62.3 cm³/mol. The molecule has 104 valence electrons. The van der Waals surface area contributed by atoms with Crippen LogP contribution >= 0.6 is 0 Å². The molecule has 0 amide bonds. The first-order valence-corrected chi connectivity index (χ1v) is 7.35. The minimum atomic E-state index is -0.728. The lowest BCUT2D eigenvalue weighted by Gasteiger charge is -2.55. The molecule has 0 N–H and O–H groups in total. The van der Waals surface area contributed by atoms with Gasteiger partial charge in [-0.15, -0.1) is 0 Å². The van der Waals surface area contributed by atoms with Gasteiger partial charge in [-0.3, -0.25) is 0 Å². The van der Waals surface area contributed by atoms with Gasteiger partial charge >= 0.3 is 6.16 Å². The second kappa shape index (κ2) is 3.09. The monoisotopic (exact) mass is 266 g/mol. The first kappa shape index (κ1) is 10.9. The van der Waals surface area contributed by atoms with E-state index in [2.05, 4.69) is 6.92 Å². The van der Waals surface area contributed by atoms with Gasteiger partial charge < -0.3 is 18.9 Å². The number of carbonyl (C=O) groups is 1. The van der Waals surface area contributed by atoms with Crippen molar-refractivity contribution in [1.82, 2.24) is 0 Å². The van der Waals surface area contributed by atoms with Gasteiger partial charge in [-0.1, -0.05) is 0 Å². The van der Waals surface area contributed by atoms with Crippen molar-refractivity contribution < 1.29 is 23.7 Å². The summed E-state index contributed by atoms with van der Waals surface area (Å²) in [5, 5.41) is 0. The van der Waals surface area contributed by atoms with E-state index in [9.17, 15) is 4.79 Å². The van der Waals surface area contributed by atoms with Gasteiger partial charge in [0.1, 0.15) is 0 Å². The zero-order valence-electron chi connectivity index (χ0n) is 11.0. The van der Waals surface area contributed by atoms with E-state index in [1.54, 1.807) is 0 Å². The molecule has 0 aromatic carbocycles. The zero-order chi connectivity index (χ0) is 12.8. The highest BCUT2D eigenvalue weighted by Gasteiger charge is 2.76. The Morgan fingerprint density at radius 1 is 1.05 bits per heavy atom. The maximum Gasteiger partial charge on any atom is 0.514 e. The van der Waals surface area contributed by atoms with E-state index in [1.807, 2.05) is 0 Å². The third-order valence-corrected chi connectivity index (χ3v) is 6.10. The van der Waals surface area contributed by atoms with Crippen LogP contribution in [0.25, 0.3) is 0 Å². The average molecular weight is 266 g/mol. The Hall–Kier alpha value is -0.810. The standard InChI is InChI=1S/C14H18O5/c1-13(7-2-3-8-10(6-7)16-8)11-9(17-11)4-5-14(13)18-12(15)19-14/h7-11H,2-6H2,1H3. The van der Waals surface area contributed by atoms with Gasteiger partial charge in [0.15, 0.2) is 0 Å². The van der Waals surface area contributed by atoms with Gasteiger partial charge in [0.25, 0.3) is 5.79 Å². The fraction of sp³-hybridized carbons (Fsp3) is 0.929. The molecule has 0 aromatic rings. The van der Waals surface area contributed by atoms with E-state index >= 15 is 0 Å². The quantitative estimate of drug-likeness (QED) is 0.536. The summed E-state index contributed by atoms with van der Waals surface area (Å²) < 4.78 is 22.5. The topological polar surface area (TPSA) is 60.6 Å². The molecule has 6 atom stereocenters. The Morgan fingerprint density at radius 3 is 2.63 bits per heavy atom. The molecule has 3 saturated heterocycles. The van der Waals surface area contributed by atoms with Crippen LogP contribution in [0.1, 0.15) is 39.0 Å². The minimum Gasteiger partial charge on any atom is -0.390 e. The molecule has 2 saturated carbocycles. The predicted octanol–water partition coefficient (Wildman–Crippen LogP) is 1.98. The van der Waals surface area contributed by atoms with Crippen molar-refractivity contribution in [2.45, 2.75) is 69.2 Å². The molecule has 5 fully saturated rings. The molecule has 3 aliphatic heterocycles. The van der Waals surface area contributed by atoms with Gasteiger partial charge in [0.2, 0.25) is 0 Å². The highest BCUT2D eigenvalue weighted by atomic mass is 16.9. The average Bonchev–Trinajstić information content (AvgIpc) is 3.23. The van der Waals surface area contributed by atoms with Crippen molar-refractivity contribution >= 4 is 6.16 Å². The van der Waals surface area contributed by atoms with Crippen LogP contribution in [0.15, 0.2) is 0 Å². The minimum absolute atomic E-state index is 0.189. The molecule has 0 bridgehead atoms. The largest absolute Gasteiger partial charge is 0.514 e. The molecule has 3 heterocycles. The van der Waals surface area contributed by atoms with Gasteiger partial charge in [-0.05, 0) is 38.5 Å². The zero-order valence-corrected chi connectivity index (χ0v) is 11.0. The lowest BCUT2D eigenvalue weighted by molar-refractivity contribution is -0.347. The van der Waals surface area contributed by atoms with Gasteiger partial charge in [0.05, 0.1) is 29.8 Å². The third kappa shape index (κ3) is 1.21. The number of fused-ring (bicyclic) bond motifs is 2. The summed E-state index contributed by atoms with van der Waals surface area (Å²) in [5.41, 5.74) is -0.208. The number of hydrogen-bond donors (Lipinski definition) is 0. The molecule has 5 heteroatoms. The van der Waals surface area contributed by atoms with Crippen molar-refractivity contribution in [3.05, 3.63) is 0 Å². The van der Waals surface area contributed by atoms with Crippen LogP contribution in [0.3, 0.4) is 0 Å². The van der Waals surface area contributed by atoms with Crippen LogP contribution in [0.2, 0.25) is 0 Å². The molecule has 0 aromatic heterocycles. The summed E-state index contributed by atoms with van der Waals surface area (Å²) in [6, 6.07) is 0. The molecule has 1 spiro atoms. The Morgan fingerprint density at radius 2 is 1.89 bits per heavy atom. The number of ether oxygens (including phenoxy) is 4. The maximum atomic E-state index is 11.2. The molecule has 5 aliphatic rings. The van der Waals surface area contributed by atoms with Crippen LogP contribution in [-0.2, 0) is 18.9 Å². The molecule has 0 radical (unpaired) electrons. The van der Waals surface area contributed by atoms with Gasteiger partial charge in [-0.2, -0.15) is 0 Å². The Labute approximate surface area is 111 Å². The molecule has 5 nitrogen and oxygen atoms in total. The van der Waals surface area contributed by atoms with Crippen molar-refractivity contribution in [1.29, 1.82) is 0 Å². The second-order valence-electron chi connectivity index (χ2n) is 6.85. The van der Waals surface area contributed by atoms with Crippen molar-refractivity contribution in [2.24, 2.45) is 11.3 Å². The third-order valence-electron chi connectivity index (χ3n) is 6.10. The smallest absolute Gasteiger partial charge is 0.390 e. The lowest BCUT2D eigenvalue weighted by atomic mass is 9.59. The first-order valence-electron chi connectivity index (χ1n) is 7.35. The molecule has 2 aliphatic carbocycles. The number of hydrogen-bond acceptors (Lipinski definition) is 5. The van der Waals surface area contributed by atoms with Crippen LogP contribution in [0.5, 0.6) is 0 Å².